The van der Waals surface area contributed by atoms with Crippen molar-refractivity contribution in [2.75, 3.05) is 13.1 Å². The van der Waals surface area contributed by atoms with Crippen molar-refractivity contribution in [2.45, 2.75) is 25.9 Å². The first-order chi connectivity index (χ1) is 9.06. The summed E-state index contributed by atoms with van der Waals surface area (Å²) in [6.45, 7) is 2.73. The zero-order chi connectivity index (χ0) is 13.8. The van der Waals surface area contributed by atoms with Gasteiger partial charge in [0.05, 0.1) is 6.54 Å². The van der Waals surface area contributed by atoms with E-state index in [1.165, 1.54) is 11.1 Å². The summed E-state index contributed by atoms with van der Waals surface area (Å²) in [6, 6.07) is 8.50. The zero-order valence-electron chi connectivity index (χ0n) is 10.9. The number of hydrogen-bond donors (Lipinski definition) is 2. The van der Waals surface area contributed by atoms with Gasteiger partial charge in [0.25, 0.3) is 0 Å². The second kappa shape index (κ2) is 5.84. The molecule has 1 heterocycles. The van der Waals surface area contributed by atoms with Gasteiger partial charge in [-0.25, -0.2) is 0 Å². The first kappa shape index (κ1) is 13.5. The van der Waals surface area contributed by atoms with Crippen molar-refractivity contribution in [1.29, 1.82) is 0 Å². The standard InChI is InChI=1S/C14H18N2O3/c1-10-6-11-4-2-3-5-12(11)8-16(10)9-13(17)15-7-14(18)19/h2-5,10H,6-9H2,1H3,(H,15,17)(H,18,19)/t10-/m1/s1. The summed E-state index contributed by atoms with van der Waals surface area (Å²) in [4.78, 5) is 24.1. The summed E-state index contributed by atoms with van der Waals surface area (Å²) >= 11 is 0. The Bertz CT molecular complexity index is 487. The number of rotatable bonds is 4. The molecule has 1 aromatic carbocycles. The smallest absolute Gasteiger partial charge is 0.322 e. The quantitative estimate of drug-likeness (QED) is 0.835. The molecule has 0 unspecified atom stereocenters. The van der Waals surface area contributed by atoms with E-state index < -0.39 is 5.97 Å². The summed E-state index contributed by atoms with van der Waals surface area (Å²) < 4.78 is 0. The molecular formula is C14H18N2O3. The van der Waals surface area contributed by atoms with Gasteiger partial charge in [-0.05, 0) is 24.5 Å². The molecule has 0 fully saturated rings. The summed E-state index contributed by atoms with van der Waals surface area (Å²) in [5.74, 6) is -1.26. The van der Waals surface area contributed by atoms with Gasteiger partial charge in [0.15, 0.2) is 0 Å². The summed E-state index contributed by atoms with van der Waals surface area (Å²) in [6.07, 6.45) is 0.919. The molecule has 0 radical (unpaired) electrons. The molecule has 2 N–H and O–H groups in total. The Morgan fingerprint density at radius 3 is 2.74 bits per heavy atom. The molecule has 2 rings (SSSR count). The fraction of sp³-hybridized carbons (Fsp3) is 0.429. The number of hydrogen-bond acceptors (Lipinski definition) is 3. The molecule has 1 aromatic rings. The predicted octanol–water partition coefficient (Wildman–Crippen LogP) is 0.634. The normalized spacial score (nSPS) is 18.7. The number of amides is 1. The number of carboxylic acid groups (broad SMARTS) is 1. The average Bonchev–Trinajstić information content (AvgIpc) is 2.37. The van der Waals surface area contributed by atoms with E-state index in [0.29, 0.717) is 0 Å². The van der Waals surface area contributed by atoms with E-state index in [1.807, 2.05) is 12.1 Å². The molecule has 0 aliphatic carbocycles. The van der Waals surface area contributed by atoms with Crippen LogP contribution in [0.5, 0.6) is 0 Å². The minimum atomic E-state index is -1.02. The Kier molecular flexibility index (Phi) is 4.16. The molecule has 0 saturated carbocycles. The molecule has 102 valence electrons. The summed E-state index contributed by atoms with van der Waals surface area (Å²) in [7, 11) is 0. The van der Waals surface area contributed by atoms with Crippen LogP contribution in [0.2, 0.25) is 0 Å². The van der Waals surface area contributed by atoms with Crippen molar-refractivity contribution in [2.24, 2.45) is 0 Å². The van der Waals surface area contributed by atoms with Crippen LogP contribution >= 0.6 is 0 Å². The number of nitrogens with one attached hydrogen (secondary N) is 1. The van der Waals surface area contributed by atoms with Crippen LogP contribution in [-0.4, -0.2) is 41.0 Å². The van der Waals surface area contributed by atoms with E-state index in [-0.39, 0.29) is 25.0 Å². The number of carbonyl (C=O) groups excluding carboxylic acids is 1. The van der Waals surface area contributed by atoms with Crippen molar-refractivity contribution in [3.8, 4) is 0 Å². The largest absolute Gasteiger partial charge is 0.480 e. The number of carbonyl (C=O) groups is 2. The number of fused-ring (bicyclic) bond motifs is 1. The third kappa shape index (κ3) is 3.54. The van der Waals surface area contributed by atoms with E-state index in [0.717, 1.165) is 13.0 Å². The van der Waals surface area contributed by atoms with Crippen LogP contribution in [0.25, 0.3) is 0 Å². The molecule has 0 spiro atoms. The van der Waals surface area contributed by atoms with Crippen molar-refractivity contribution in [3.05, 3.63) is 35.4 Å². The van der Waals surface area contributed by atoms with Crippen LogP contribution in [0.15, 0.2) is 24.3 Å². The second-order valence-electron chi connectivity index (χ2n) is 4.90. The van der Waals surface area contributed by atoms with E-state index in [9.17, 15) is 9.59 Å². The highest BCUT2D eigenvalue weighted by atomic mass is 16.4. The third-order valence-electron chi connectivity index (χ3n) is 3.41. The lowest BCUT2D eigenvalue weighted by atomic mass is 9.95. The topological polar surface area (TPSA) is 69.6 Å². The minimum absolute atomic E-state index is 0.239. The van der Waals surface area contributed by atoms with Crippen molar-refractivity contribution < 1.29 is 14.7 Å². The fourth-order valence-electron chi connectivity index (χ4n) is 2.36. The Morgan fingerprint density at radius 2 is 2.05 bits per heavy atom. The predicted molar refractivity (Wildman–Crippen MR) is 70.7 cm³/mol. The Morgan fingerprint density at radius 1 is 1.37 bits per heavy atom. The number of carboxylic acids is 1. The lowest BCUT2D eigenvalue weighted by Gasteiger charge is -2.34. The highest BCUT2D eigenvalue weighted by Crippen LogP contribution is 2.22. The average molecular weight is 262 g/mol. The Hall–Kier alpha value is -1.88. The van der Waals surface area contributed by atoms with Gasteiger partial charge in [0.1, 0.15) is 6.54 Å². The van der Waals surface area contributed by atoms with Crippen molar-refractivity contribution >= 4 is 11.9 Å². The molecule has 0 bridgehead atoms. The molecule has 1 atom stereocenters. The highest BCUT2D eigenvalue weighted by molar-refractivity contribution is 5.82. The highest BCUT2D eigenvalue weighted by Gasteiger charge is 2.24. The molecule has 1 aliphatic rings. The lowest BCUT2D eigenvalue weighted by Crippen LogP contribution is -2.45. The van der Waals surface area contributed by atoms with Crippen molar-refractivity contribution in [3.63, 3.8) is 0 Å². The number of nitrogens with zero attached hydrogens (tertiary/aromatic N) is 1. The molecule has 19 heavy (non-hydrogen) atoms. The maximum absolute atomic E-state index is 11.7. The molecule has 0 aromatic heterocycles. The summed E-state index contributed by atoms with van der Waals surface area (Å²) in [5.41, 5.74) is 2.57. The maximum atomic E-state index is 11.7. The van der Waals surface area contributed by atoms with Crippen LogP contribution in [0.3, 0.4) is 0 Å². The van der Waals surface area contributed by atoms with Gasteiger partial charge in [-0.15, -0.1) is 0 Å². The first-order valence-corrected chi connectivity index (χ1v) is 6.35. The van der Waals surface area contributed by atoms with Gasteiger partial charge in [-0.3, -0.25) is 14.5 Å². The lowest BCUT2D eigenvalue weighted by molar-refractivity contribution is -0.138. The molecule has 1 amide bonds. The summed E-state index contributed by atoms with van der Waals surface area (Å²) in [5, 5.41) is 10.9. The van der Waals surface area contributed by atoms with Crippen molar-refractivity contribution in [1.82, 2.24) is 10.2 Å². The van der Waals surface area contributed by atoms with Gasteiger partial charge in [-0.2, -0.15) is 0 Å². The molecule has 1 aliphatic heterocycles. The molecule has 5 nitrogen and oxygen atoms in total. The SMILES string of the molecule is C[C@@H]1Cc2ccccc2CN1CC(=O)NCC(=O)O. The van der Waals surface area contributed by atoms with Gasteiger partial charge < -0.3 is 10.4 Å². The van der Waals surface area contributed by atoms with Gasteiger partial charge in [-0.1, -0.05) is 24.3 Å². The zero-order valence-corrected chi connectivity index (χ0v) is 10.9. The Balaban J connectivity index is 1.95. The molecule has 0 saturated heterocycles. The van der Waals surface area contributed by atoms with E-state index in [1.54, 1.807) is 0 Å². The third-order valence-corrected chi connectivity index (χ3v) is 3.41. The first-order valence-electron chi connectivity index (χ1n) is 6.35. The number of benzene rings is 1. The van der Waals surface area contributed by atoms with E-state index >= 15 is 0 Å². The van der Waals surface area contributed by atoms with Crippen LogP contribution in [0, 0.1) is 0 Å². The fourth-order valence-corrected chi connectivity index (χ4v) is 2.36. The molecule has 5 heteroatoms. The van der Waals surface area contributed by atoms with E-state index in [2.05, 4.69) is 29.3 Å². The maximum Gasteiger partial charge on any atom is 0.322 e. The van der Waals surface area contributed by atoms with Crippen LogP contribution in [0.1, 0.15) is 18.1 Å². The van der Waals surface area contributed by atoms with Crippen LogP contribution < -0.4 is 5.32 Å². The van der Waals surface area contributed by atoms with Gasteiger partial charge in [0.2, 0.25) is 5.91 Å². The monoisotopic (exact) mass is 262 g/mol. The minimum Gasteiger partial charge on any atom is -0.480 e. The second-order valence-corrected chi connectivity index (χ2v) is 4.90. The van der Waals surface area contributed by atoms with Crippen LogP contribution in [0.4, 0.5) is 0 Å². The van der Waals surface area contributed by atoms with E-state index in [4.69, 9.17) is 5.11 Å². The van der Waals surface area contributed by atoms with Gasteiger partial charge >= 0.3 is 5.97 Å². The van der Waals surface area contributed by atoms with Gasteiger partial charge in [0, 0.05) is 12.6 Å². The Labute approximate surface area is 112 Å². The number of aliphatic carboxylic acids is 1. The van der Waals surface area contributed by atoms with Crippen LogP contribution in [-0.2, 0) is 22.6 Å². The molecular weight excluding hydrogens is 244 g/mol.